The lowest BCUT2D eigenvalue weighted by Gasteiger charge is -2.12. The zero-order chi connectivity index (χ0) is 20.0. The standard InChI is InChI=1S/C17H14BrClN4O4/c1-10(8-16(24)20-14-5-3-2-4-12(14)18)21-22-17(25)11-6-7-15(23(26)27)13(19)9-11/h2-7,9,21H,1,8H2,(H,20,24)(H,22,25). The van der Waals surface area contributed by atoms with Gasteiger partial charge in [-0.1, -0.05) is 30.3 Å². The number of nitrogens with one attached hydrogen (secondary N) is 3. The van der Waals surface area contributed by atoms with Crippen LogP contribution < -0.4 is 16.2 Å². The van der Waals surface area contributed by atoms with Gasteiger partial charge in [0, 0.05) is 21.8 Å². The minimum absolute atomic E-state index is 0.0807. The minimum Gasteiger partial charge on any atom is -0.325 e. The molecule has 2 aromatic rings. The number of carbonyl (C=O) groups excluding carboxylic acids is 2. The molecule has 3 N–H and O–H groups in total. The molecule has 0 aliphatic carbocycles. The molecule has 0 saturated heterocycles. The lowest BCUT2D eigenvalue weighted by Crippen LogP contribution is -2.37. The summed E-state index contributed by atoms with van der Waals surface area (Å²) in [5.41, 5.74) is 5.55. The molecule has 0 bridgehead atoms. The van der Waals surface area contributed by atoms with Gasteiger partial charge in [0.2, 0.25) is 5.91 Å². The summed E-state index contributed by atoms with van der Waals surface area (Å²) in [5, 5.41) is 13.3. The van der Waals surface area contributed by atoms with Gasteiger partial charge in [-0.25, -0.2) is 0 Å². The Hall–Kier alpha value is -2.91. The number of carbonyl (C=O) groups is 2. The van der Waals surface area contributed by atoms with Gasteiger partial charge in [0.25, 0.3) is 11.6 Å². The van der Waals surface area contributed by atoms with Crippen LogP contribution in [0.15, 0.2) is 59.2 Å². The Morgan fingerprint density at radius 3 is 2.52 bits per heavy atom. The summed E-state index contributed by atoms with van der Waals surface area (Å²) in [4.78, 5) is 34.1. The fourth-order valence-electron chi connectivity index (χ4n) is 2.01. The number of nitro groups is 1. The third kappa shape index (κ3) is 5.80. The molecule has 0 aliphatic rings. The minimum atomic E-state index is -0.645. The Morgan fingerprint density at radius 2 is 1.89 bits per heavy atom. The molecule has 0 heterocycles. The number of amides is 2. The van der Waals surface area contributed by atoms with E-state index in [2.05, 4.69) is 38.7 Å². The molecule has 27 heavy (non-hydrogen) atoms. The Morgan fingerprint density at radius 1 is 1.19 bits per heavy atom. The molecule has 8 nitrogen and oxygen atoms in total. The van der Waals surface area contributed by atoms with E-state index >= 15 is 0 Å². The van der Waals surface area contributed by atoms with Gasteiger partial charge >= 0.3 is 0 Å². The van der Waals surface area contributed by atoms with Crippen LogP contribution >= 0.6 is 27.5 Å². The summed E-state index contributed by atoms with van der Waals surface area (Å²) in [7, 11) is 0. The number of rotatable bonds is 7. The van der Waals surface area contributed by atoms with Crippen molar-refractivity contribution in [3.63, 3.8) is 0 Å². The first-order valence-electron chi connectivity index (χ1n) is 7.50. The number of hydrogen-bond donors (Lipinski definition) is 3. The predicted octanol–water partition coefficient (Wildman–Crippen LogP) is 3.79. The molecule has 0 aromatic heterocycles. The summed E-state index contributed by atoms with van der Waals surface area (Å²) >= 11 is 9.10. The van der Waals surface area contributed by atoms with E-state index in [0.717, 1.165) is 10.5 Å². The highest BCUT2D eigenvalue weighted by atomic mass is 79.9. The Bertz CT molecular complexity index is 920. The van der Waals surface area contributed by atoms with Gasteiger partial charge in [0.05, 0.1) is 17.0 Å². The first-order chi connectivity index (χ1) is 12.8. The molecule has 2 amide bonds. The van der Waals surface area contributed by atoms with Crippen molar-refractivity contribution < 1.29 is 14.5 Å². The van der Waals surface area contributed by atoms with Crippen molar-refractivity contribution in [2.24, 2.45) is 0 Å². The summed E-state index contributed by atoms with van der Waals surface area (Å²) in [6.07, 6.45) is -0.0807. The second-order valence-electron chi connectivity index (χ2n) is 5.31. The quantitative estimate of drug-likeness (QED) is 0.436. The van der Waals surface area contributed by atoms with Crippen molar-refractivity contribution in [2.45, 2.75) is 6.42 Å². The molecule has 0 aliphatic heterocycles. The second-order valence-corrected chi connectivity index (χ2v) is 6.57. The highest BCUT2D eigenvalue weighted by Crippen LogP contribution is 2.25. The van der Waals surface area contributed by atoms with Crippen LogP contribution in [0, 0.1) is 10.1 Å². The van der Waals surface area contributed by atoms with E-state index < -0.39 is 10.8 Å². The Balaban J connectivity index is 1.87. The Labute approximate surface area is 167 Å². The SMILES string of the molecule is C=C(CC(=O)Nc1ccccc1Br)NNC(=O)c1ccc([N+](=O)[O-])c(Cl)c1. The number of hydrogen-bond acceptors (Lipinski definition) is 5. The molecule has 0 radical (unpaired) electrons. The predicted molar refractivity (Wildman–Crippen MR) is 105 cm³/mol. The largest absolute Gasteiger partial charge is 0.325 e. The van der Waals surface area contributed by atoms with Gasteiger partial charge < -0.3 is 10.7 Å². The normalized spacial score (nSPS) is 10.0. The zero-order valence-corrected chi connectivity index (χ0v) is 16.1. The molecule has 0 fully saturated rings. The van der Waals surface area contributed by atoms with Crippen LogP contribution in [0.25, 0.3) is 0 Å². The Kier molecular flexibility index (Phi) is 6.91. The number of para-hydroxylation sites is 1. The number of benzene rings is 2. The van der Waals surface area contributed by atoms with Crippen molar-refractivity contribution in [1.29, 1.82) is 0 Å². The third-order valence-corrected chi connectivity index (χ3v) is 4.28. The van der Waals surface area contributed by atoms with Crippen molar-refractivity contribution in [3.8, 4) is 0 Å². The zero-order valence-electron chi connectivity index (χ0n) is 13.8. The van der Waals surface area contributed by atoms with Crippen LogP contribution in [0.5, 0.6) is 0 Å². The number of nitro benzene ring substituents is 1. The van der Waals surface area contributed by atoms with Gasteiger partial charge in [-0.2, -0.15) is 0 Å². The van der Waals surface area contributed by atoms with E-state index in [-0.39, 0.29) is 34.3 Å². The van der Waals surface area contributed by atoms with E-state index in [0.29, 0.717) is 5.69 Å². The van der Waals surface area contributed by atoms with Crippen molar-refractivity contribution in [3.05, 3.63) is 79.9 Å². The second kappa shape index (κ2) is 9.15. The van der Waals surface area contributed by atoms with Gasteiger partial charge in [-0.05, 0) is 40.2 Å². The van der Waals surface area contributed by atoms with Crippen LogP contribution in [0.3, 0.4) is 0 Å². The van der Waals surface area contributed by atoms with Gasteiger partial charge in [0.15, 0.2) is 0 Å². The first-order valence-corrected chi connectivity index (χ1v) is 8.67. The van der Waals surface area contributed by atoms with Crippen molar-refractivity contribution >= 4 is 50.7 Å². The van der Waals surface area contributed by atoms with Crippen LogP contribution in [0.1, 0.15) is 16.8 Å². The molecule has 10 heteroatoms. The fraction of sp³-hybridized carbons (Fsp3) is 0.0588. The molecule has 140 valence electrons. The number of hydrazine groups is 1. The van der Waals surface area contributed by atoms with Gasteiger partial charge in [-0.15, -0.1) is 0 Å². The van der Waals surface area contributed by atoms with E-state index in [1.54, 1.807) is 18.2 Å². The van der Waals surface area contributed by atoms with Crippen LogP contribution in [0.4, 0.5) is 11.4 Å². The molecule has 0 unspecified atom stereocenters. The molecule has 0 saturated carbocycles. The molecule has 0 spiro atoms. The van der Waals surface area contributed by atoms with Crippen molar-refractivity contribution in [2.75, 3.05) is 5.32 Å². The average molecular weight is 454 g/mol. The number of anilines is 1. The van der Waals surface area contributed by atoms with Crippen molar-refractivity contribution in [1.82, 2.24) is 10.9 Å². The maximum atomic E-state index is 12.1. The fourth-order valence-corrected chi connectivity index (χ4v) is 2.64. The van der Waals surface area contributed by atoms with Gasteiger partial charge in [0.1, 0.15) is 5.02 Å². The molecule has 0 atom stereocenters. The average Bonchev–Trinajstić information content (AvgIpc) is 2.61. The monoisotopic (exact) mass is 452 g/mol. The highest BCUT2D eigenvalue weighted by molar-refractivity contribution is 9.10. The topological polar surface area (TPSA) is 113 Å². The summed E-state index contributed by atoms with van der Waals surface area (Å²) in [6.45, 7) is 3.67. The lowest BCUT2D eigenvalue weighted by atomic mass is 10.2. The van der Waals surface area contributed by atoms with E-state index in [1.807, 2.05) is 6.07 Å². The molecule has 2 rings (SSSR count). The van der Waals surface area contributed by atoms with E-state index in [1.165, 1.54) is 12.1 Å². The third-order valence-electron chi connectivity index (χ3n) is 3.28. The highest BCUT2D eigenvalue weighted by Gasteiger charge is 2.15. The molecular formula is C17H14BrClN4O4. The van der Waals surface area contributed by atoms with Crippen LogP contribution in [0.2, 0.25) is 5.02 Å². The van der Waals surface area contributed by atoms with E-state index in [4.69, 9.17) is 11.6 Å². The van der Waals surface area contributed by atoms with Crippen LogP contribution in [-0.2, 0) is 4.79 Å². The lowest BCUT2D eigenvalue weighted by molar-refractivity contribution is -0.384. The van der Waals surface area contributed by atoms with Gasteiger partial charge in [-0.3, -0.25) is 25.1 Å². The molecular weight excluding hydrogens is 440 g/mol. The number of halogens is 2. The molecule has 2 aromatic carbocycles. The summed E-state index contributed by atoms with van der Waals surface area (Å²) in [6, 6.07) is 10.7. The van der Waals surface area contributed by atoms with Crippen LogP contribution in [-0.4, -0.2) is 16.7 Å². The summed E-state index contributed by atoms with van der Waals surface area (Å²) in [5.74, 6) is -0.911. The summed E-state index contributed by atoms with van der Waals surface area (Å²) < 4.78 is 0.736. The van der Waals surface area contributed by atoms with E-state index in [9.17, 15) is 19.7 Å². The number of nitrogens with zero attached hydrogens (tertiary/aromatic N) is 1. The first kappa shape index (κ1) is 20.4. The smallest absolute Gasteiger partial charge is 0.287 e. The maximum Gasteiger partial charge on any atom is 0.287 e. The maximum absolute atomic E-state index is 12.1.